The number of halogens is 1. The average molecular weight is 483 g/mol. The summed E-state index contributed by atoms with van der Waals surface area (Å²) < 4.78 is 24.5. The van der Waals surface area contributed by atoms with E-state index in [4.69, 9.17) is 14.7 Å². The van der Waals surface area contributed by atoms with Gasteiger partial charge in [-0.2, -0.15) is 5.26 Å². The number of rotatable bonds is 10. The first kappa shape index (κ1) is 25.7. The molecule has 0 aliphatic carbocycles. The van der Waals surface area contributed by atoms with E-state index in [9.17, 15) is 9.18 Å². The van der Waals surface area contributed by atoms with Crippen LogP contribution in [-0.4, -0.2) is 55.6 Å². The first-order chi connectivity index (χ1) is 17.1. The Hall–Kier alpha value is -3.87. The number of aliphatic imine (C=N–C) groups is 1. The van der Waals surface area contributed by atoms with E-state index < -0.39 is 5.82 Å². The van der Waals surface area contributed by atoms with Gasteiger partial charge in [0.15, 0.2) is 5.82 Å². The highest BCUT2D eigenvalue weighted by atomic mass is 19.1. The Morgan fingerprint density at radius 1 is 1.26 bits per heavy atom. The molecule has 1 aliphatic heterocycles. The van der Waals surface area contributed by atoms with Gasteiger partial charge in [-0.1, -0.05) is 18.9 Å². The molecule has 0 spiro atoms. The lowest BCUT2D eigenvalue weighted by Crippen LogP contribution is -2.31. The number of pyridine rings is 1. The summed E-state index contributed by atoms with van der Waals surface area (Å²) in [5.41, 5.74) is 0.673. The smallest absolute Gasteiger partial charge is 0.261 e. The second-order valence-corrected chi connectivity index (χ2v) is 8.26. The molecule has 1 atom stereocenters. The van der Waals surface area contributed by atoms with E-state index in [1.54, 1.807) is 38.6 Å². The molecule has 0 bridgehead atoms. The Morgan fingerprint density at radius 3 is 2.71 bits per heavy atom. The van der Waals surface area contributed by atoms with Gasteiger partial charge >= 0.3 is 0 Å². The van der Waals surface area contributed by atoms with Gasteiger partial charge in [0.1, 0.15) is 17.1 Å². The molecule has 1 saturated heterocycles. The zero-order chi connectivity index (χ0) is 25.0. The first-order valence-electron chi connectivity index (χ1n) is 11.6. The molecule has 0 radical (unpaired) electrons. The molecule has 2 heterocycles. The minimum Gasteiger partial charge on any atom is -0.496 e. The Kier molecular flexibility index (Phi) is 9.66. The van der Waals surface area contributed by atoms with Crippen molar-refractivity contribution in [2.24, 2.45) is 10.9 Å². The fourth-order valence-electron chi connectivity index (χ4n) is 4.18. The fourth-order valence-corrected chi connectivity index (χ4v) is 4.18. The molecule has 2 N–H and O–H groups in total. The maximum absolute atomic E-state index is 13.7. The van der Waals surface area contributed by atoms with E-state index in [1.807, 2.05) is 4.90 Å². The summed E-state index contributed by atoms with van der Waals surface area (Å²) in [5.74, 6) is 1.12. The molecule has 1 unspecified atom stereocenters. The molecule has 35 heavy (non-hydrogen) atoms. The summed E-state index contributed by atoms with van der Waals surface area (Å²) in [6.07, 6.45) is 9.17. The van der Waals surface area contributed by atoms with Gasteiger partial charge in [0.05, 0.1) is 26.1 Å². The van der Waals surface area contributed by atoms with Crippen molar-refractivity contribution in [1.29, 1.82) is 5.26 Å². The van der Waals surface area contributed by atoms with Gasteiger partial charge in [0.2, 0.25) is 12.2 Å². The molecule has 1 aliphatic rings. The summed E-state index contributed by atoms with van der Waals surface area (Å²) in [6.45, 7) is 2.04. The van der Waals surface area contributed by atoms with Crippen molar-refractivity contribution in [3.8, 4) is 17.7 Å². The van der Waals surface area contributed by atoms with Crippen LogP contribution in [0.1, 0.15) is 42.5 Å². The number of aromatic nitrogens is 1. The van der Waals surface area contributed by atoms with E-state index in [0.29, 0.717) is 29.5 Å². The standard InChI is InChI=1S/C25H31FN6O3/c1-34-21-8-6-9-22(35-2)23(21)24(33)32-14-11-18(16-32)7-4-3-5-12-29-25(30-17-27)31-20-10-13-28-15-19(20)26/h6,8-10,13,15,18H,3-5,7,11-12,14,16H2,1-2H3,(H2,28,29,30,31). The number of likely N-dealkylation sites (tertiary alicyclic amines) is 1. The monoisotopic (exact) mass is 482 g/mol. The number of nitrogens with zero attached hydrogens (tertiary/aromatic N) is 4. The number of methoxy groups -OCH3 is 2. The number of hydrogen-bond donors (Lipinski definition) is 2. The number of amides is 1. The highest BCUT2D eigenvalue weighted by Crippen LogP contribution is 2.32. The molecule has 9 nitrogen and oxygen atoms in total. The number of hydrogen-bond acceptors (Lipinski definition) is 6. The molecule has 10 heteroatoms. The number of nitrogens with one attached hydrogen (secondary N) is 2. The summed E-state index contributed by atoms with van der Waals surface area (Å²) in [5, 5.41) is 14.7. The maximum Gasteiger partial charge on any atom is 0.261 e. The summed E-state index contributed by atoms with van der Waals surface area (Å²) in [6, 6.07) is 6.82. The van der Waals surface area contributed by atoms with Crippen molar-refractivity contribution in [3.05, 3.63) is 48.0 Å². The average Bonchev–Trinajstić information content (AvgIpc) is 3.35. The van der Waals surface area contributed by atoms with Crippen LogP contribution in [0.3, 0.4) is 0 Å². The number of benzene rings is 1. The molecular formula is C25H31FN6O3. The van der Waals surface area contributed by atoms with E-state index >= 15 is 0 Å². The largest absolute Gasteiger partial charge is 0.496 e. The molecule has 2 aromatic rings. The molecule has 3 rings (SSSR count). The lowest BCUT2D eigenvalue weighted by molar-refractivity contribution is 0.0779. The highest BCUT2D eigenvalue weighted by molar-refractivity contribution is 6.00. The minimum absolute atomic E-state index is 0.0616. The molecular weight excluding hydrogens is 451 g/mol. The predicted octanol–water partition coefficient (Wildman–Crippen LogP) is 3.80. The molecule has 0 saturated carbocycles. The second-order valence-electron chi connectivity index (χ2n) is 8.26. The predicted molar refractivity (Wildman–Crippen MR) is 131 cm³/mol. The number of unbranched alkanes of at least 4 members (excludes halogenated alkanes) is 2. The summed E-state index contributed by atoms with van der Waals surface area (Å²) >= 11 is 0. The van der Waals surface area contributed by atoms with Gasteiger partial charge in [0.25, 0.3) is 5.91 Å². The van der Waals surface area contributed by atoms with Crippen LogP contribution in [0.15, 0.2) is 41.7 Å². The molecule has 1 amide bonds. The SMILES string of the molecule is COc1cccc(OC)c1C(=O)N1CCC(CCCCCNC(=NC#N)Nc2ccncc2F)C1. The molecule has 1 aromatic heterocycles. The zero-order valence-electron chi connectivity index (χ0n) is 20.1. The van der Waals surface area contributed by atoms with Crippen molar-refractivity contribution >= 4 is 17.6 Å². The van der Waals surface area contributed by atoms with E-state index in [1.165, 1.54) is 12.3 Å². The first-order valence-corrected chi connectivity index (χ1v) is 11.6. The molecule has 186 valence electrons. The van der Waals surface area contributed by atoms with Gasteiger partial charge in [-0.15, -0.1) is 4.99 Å². The maximum atomic E-state index is 13.7. The number of nitriles is 1. The van der Waals surface area contributed by atoms with Gasteiger partial charge in [-0.3, -0.25) is 9.78 Å². The lowest BCUT2D eigenvalue weighted by atomic mass is 10.0. The number of anilines is 1. The van der Waals surface area contributed by atoms with Crippen LogP contribution < -0.4 is 20.1 Å². The second kappa shape index (κ2) is 13.1. The van der Waals surface area contributed by atoms with Crippen molar-refractivity contribution in [1.82, 2.24) is 15.2 Å². The van der Waals surface area contributed by atoms with Crippen LogP contribution in [0, 0.1) is 23.2 Å². The number of ether oxygens (including phenoxy) is 2. The normalized spacial score (nSPS) is 15.4. The van der Waals surface area contributed by atoms with Crippen LogP contribution >= 0.6 is 0 Å². The summed E-state index contributed by atoms with van der Waals surface area (Å²) in [7, 11) is 3.10. The lowest BCUT2D eigenvalue weighted by Gasteiger charge is -2.20. The quantitative estimate of drug-likeness (QED) is 0.229. The zero-order valence-corrected chi connectivity index (χ0v) is 20.1. The minimum atomic E-state index is -0.520. The van der Waals surface area contributed by atoms with Crippen molar-refractivity contribution in [3.63, 3.8) is 0 Å². The van der Waals surface area contributed by atoms with Crippen molar-refractivity contribution in [2.45, 2.75) is 32.1 Å². The van der Waals surface area contributed by atoms with E-state index in [0.717, 1.165) is 51.4 Å². The van der Waals surface area contributed by atoms with Crippen LogP contribution in [0.2, 0.25) is 0 Å². The third kappa shape index (κ3) is 7.06. The number of carbonyl (C=O) groups is 1. The van der Waals surface area contributed by atoms with Gasteiger partial charge in [-0.25, -0.2) is 4.39 Å². The Morgan fingerprint density at radius 2 is 2.03 bits per heavy atom. The van der Waals surface area contributed by atoms with Gasteiger partial charge < -0.3 is 25.0 Å². The van der Waals surface area contributed by atoms with Crippen LogP contribution in [0.25, 0.3) is 0 Å². The van der Waals surface area contributed by atoms with Gasteiger partial charge in [-0.05, 0) is 43.4 Å². The number of guanidine groups is 1. The van der Waals surface area contributed by atoms with Crippen molar-refractivity contribution < 1.29 is 18.7 Å². The Bertz CT molecular complexity index is 1050. The van der Waals surface area contributed by atoms with Crippen LogP contribution in [-0.2, 0) is 0 Å². The van der Waals surface area contributed by atoms with Crippen LogP contribution in [0.5, 0.6) is 11.5 Å². The van der Waals surface area contributed by atoms with Gasteiger partial charge in [0, 0.05) is 25.8 Å². The topological polar surface area (TPSA) is 112 Å². The summed E-state index contributed by atoms with van der Waals surface area (Å²) in [4.78, 5) is 22.4. The Balaban J connectivity index is 1.39. The highest BCUT2D eigenvalue weighted by Gasteiger charge is 2.30. The third-order valence-electron chi connectivity index (χ3n) is 5.98. The Labute approximate surface area is 205 Å². The molecule has 1 aromatic carbocycles. The third-order valence-corrected chi connectivity index (χ3v) is 5.98. The van der Waals surface area contributed by atoms with Crippen LogP contribution in [0.4, 0.5) is 10.1 Å². The fraction of sp³-hybridized carbons (Fsp3) is 0.440. The number of carbonyl (C=O) groups excluding carboxylic acids is 1. The molecule has 1 fully saturated rings. The van der Waals surface area contributed by atoms with E-state index in [2.05, 4.69) is 20.6 Å². The van der Waals surface area contributed by atoms with E-state index in [-0.39, 0.29) is 17.6 Å². The van der Waals surface area contributed by atoms with Crippen molar-refractivity contribution in [2.75, 3.05) is 39.2 Å².